The molecule has 0 spiro atoms. The maximum atomic E-state index is 10.5. The predicted molar refractivity (Wildman–Crippen MR) is 64.3 cm³/mol. The molecule has 0 radical (unpaired) electrons. The van der Waals surface area contributed by atoms with Crippen LogP contribution in [0.2, 0.25) is 0 Å². The molecule has 6 nitrogen and oxygen atoms in total. The number of hydrogen-bond donors (Lipinski definition) is 1. The maximum absolute atomic E-state index is 10.5. The fraction of sp³-hybridized carbons (Fsp3) is 0.750. The first-order chi connectivity index (χ1) is 8.69. The van der Waals surface area contributed by atoms with Crippen molar-refractivity contribution in [2.75, 3.05) is 19.6 Å². The lowest BCUT2D eigenvalue weighted by Crippen LogP contribution is -2.32. The minimum atomic E-state index is -0.836. The molecule has 2 rings (SSSR count). The maximum Gasteiger partial charge on any atom is 0.303 e. The summed E-state index contributed by atoms with van der Waals surface area (Å²) in [4.78, 5) is 17.2. The van der Waals surface area contributed by atoms with Crippen molar-refractivity contribution >= 4 is 5.97 Å². The summed E-state index contributed by atoms with van der Waals surface area (Å²) in [7, 11) is 0. The number of piperidine rings is 1. The number of rotatable bonds is 5. The van der Waals surface area contributed by atoms with Gasteiger partial charge in [0.1, 0.15) is 0 Å². The van der Waals surface area contributed by atoms with E-state index < -0.39 is 5.97 Å². The van der Waals surface area contributed by atoms with Crippen LogP contribution in [0.25, 0.3) is 0 Å². The first-order valence-electron chi connectivity index (χ1n) is 6.45. The highest BCUT2D eigenvalue weighted by Crippen LogP contribution is 2.26. The van der Waals surface area contributed by atoms with Gasteiger partial charge in [-0.25, -0.2) is 0 Å². The van der Waals surface area contributed by atoms with Crippen molar-refractivity contribution in [1.29, 1.82) is 0 Å². The summed E-state index contributed by atoms with van der Waals surface area (Å²) >= 11 is 0. The van der Waals surface area contributed by atoms with Crippen LogP contribution in [0.4, 0.5) is 0 Å². The third-order valence-electron chi connectivity index (χ3n) is 3.43. The Morgan fingerprint density at radius 2 is 2.22 bits per heavy atom. The average molecular weight is 253 g/mol. The number of carbonyl (C=O) groups is 1. The number of likely N-dealkylation sites (tertiary alicyclic amines) is 1. The quantitative estimate of drug-likeness (QED) is 0.851. The molecule has 1 aliphatic rings. The molecule has 1 N–H and O–H groups in total. The van der Waals surface area contributed by atoms with Crippen molar-refractivity contribution in [3.63, 3.8) is 0 Å². The highest BCUT2D eigenvalue weighted by atomic mass is 16.5. The molecule has 0 saturated carbocycles. The molecule has 18 heavy (non-hydrogen) atoms. The molecule has 100 valence electrons. The fourth-order valence-corrected chi connectivity index (χ4v) is 2.25. The summed E-state index contributed by atoms with van der Waals surface area (Å²) in [5, 5.41) is 12.4. The fourth-order valence-electron chi connectivity index (χ4n) is 2.25. The number of nitrogens with zero attached hydrogens (tertiary/aromatic N) is 3. The lowest BCUT2D eigenvalue weighted by Gasteiger charge is -2.28. The van der Waals surface area contributed by atoms with Crippen molar-refractivity contribution in [2.45, 2.75) is 38.5 Å². The SMILES string of the molecule is CCN1CCC(c2nc(CCC(=O)O)no2)CC1. The van der Waals surface area contributed by atoms with E-state index >= 15 is 0 Å². The van der Waals surface area contributed by atoms with Gasteiger partial charge in [0.2, 0.25) is 5.89 Å². The molecule has 1 aliphatic heterocycles. The van der Waals surface area contributed by atoms with E-state index in [1.165, 1.54) is 0 Å². The van der Waals surface area contributed by atoms with Gasteiger partial charge in [0.15, 0.2) is 5.82 Å². The highest BCUT2D eigenvalue weighted by molar-refractivity contribution is 5.66. The van der Waals surface area contributed by atoms with Gasteiger partial charge in [0.25, 0.3) is 0 Å². The van der Waals surface area contributed by atoms with Gasteiger partial charge in [0.05, 0.1) is 6.42 Å². The Kier molecular flexibility index (Phi) is 4.30. The Morgan fingerprint density at radius 3 is 2.83 bits per heavy atom. The third-order valence-corrected chi connectivity index (χ3v) is 3.43. The molecule has 1 saturated heterocycles. The second-order valence-corrected chi connectivity index (χ2v) is 4.65. The van der Waals surface area contributed by atoms with E-state index in [4.69, 9.17) is 9.63 Å². The van der Waals surface area contributed by atoms with Crippen LogP contribution in [0.3, 0.4) is 0 Å². The molecular weight excluding hydrogens is 234 g/mol. The normalized spacial score (nSPS) is 18.1. The van der Waals surface area contributed by atoms with Gasteiger partial charge in [-0.05, 0) is 32.5 Å². The smallest absolute Gasteiger partial charge is 0.303 e. The van der Waals surface area contributed by atoms with Gasteiger partial charge in [-0.1, -0.05) is 12.1 Å². The van der Waals surface area contributed by atoms with Crippen LogP contribution in [-0.2, 0) is 11.2 Å². The summed E-state index contributed by atoms with van der Waals surface area (Å²) < 4.78 is 5.23. The zero-order valence-corrected chi connectivity index (χ0v) is 10.6. The topological polar surface area (TPSA) is 79.5 Å². The van der Waals surface area contributed by atoms with E-state index in [1.54, 1.807) is 0 Å². The van der Waals surface area contributed by atoms with Gasteiger partial charge in [0, 0.05) is 12.3 Å². The first kappa shape index (κ1) is 13.0. The molecule has 0 aliphatic carbocycles. The number of carboxylic acid groups (broad SMARTS) is 1. The molecule has 1 aromatic heterocycles. The van der Waals surface area contributed by atoms with Crippen LogP contribution < -0.4 is 0 Å². The van der Waals surface area contributed by atoms with Gasteiger partial charge >= 0.3 is 5.97 Å². The lowest BCUT2D eigenvalue weighted by molar-refractivity contribution is -0.137. The van der Waals surface area contributed by atoms with E-state index in [1.807, 2.05) is 0 Å². The second-order valence-electron chi connectivity index (χ2n) is 4.65. The molecule has 1 aromatic rings. The lowest BCUT2D eigenvalue weighted by atomic mass is 9.97. The molecule has 1 fully saturated rings. The Labute approximate surface area is 106 Å². The molecule has 2 heterocycles. The Balaban J connectivity index is 1.88. The van der Waals surface area contributed by atoms with Crippen molar-refractivity contribution in [1.82, 2.24) is 15.0 Å². The molecule has 0 atom stereocenters. The molecule has 0 unspecified atom stereocenters. The Morgan fingerprint density at radius 1 is 1.50 bits per heavy atom. The predicted octanol–water partition coefficient (Wildman–Crippen LogP) is 1.29. The van der Waals surface area contributed by atoms with Crippen LogP contribution >= 0.6 is 0 Å². The number of carboxylic acids is 1. The van der Waals surface area contributed by atoms with E-state index in [-0.39, 0.29) is 6.42 Å². The summed E-state index contributed by atoms with van der Waals surface area (Å²) in [5.41, 5.74) is 0. The number of aromatic nitrogens is 2. The van der Waals surface area contributed by atoms with E-state index in [2.05, 4.69) is 22.0 Å². The molecule has 0 bridgehead atoms. The highest BCUT2D eigenvalue weighted by Gasteiger charge is 2.24. The van der Waals surface area contributed by atoms with Crippen LogP contribution in [0.1, 0.15) is 43.8 Å². The second kappa shape index (κ2) is 5.95. The van der Waals surface area contributed by atoms with E-state index in [0.717, 1.165) is 32.5 Å². The minimum Gasteiger partial charge on any atom is -0.481 e. The van der Waals surface area contributed by atoms with Gasteiger partial charge in [-0.2, -0.15) is 4.98 Å². The van der Waals surface area contributed by atoms with Crippen molar-refractivity contribution in [3.05, 3.63) is 11.7 Å². The van der Waals surface area contributed by atoms with Gasteiger partial charge in [-0.3, -0.25) is 4.79 Å². The first-order valence-corrected chi connectivity index (χ1v) is 6.45. The van der Waals surface area contributed by atoms with E-state index in [0.29, 0.717) is 24.1 Å². The zero-order chi connectivity index (χ0) is 13.0. The Bertz CT molecular complexity index is 397. The number of aryl methyl sites for hydroxylation is 1. The van der Waals surface area contributed by atoms with Gasteiger partial charge in [-0.15, -0.1) is 0 Å². The minimum absolute atomic E-state index is 0.0489. The largest absolute Gasteiger partial charge is 0.481 e. The standard InChI is InChI=1S/C12H19N3O3/c1-2-15-7-5-9(6-8-15)12-13-10(14-18-12)3-4-11(16)17/h9H,2-8H2,1H3,(H,16,17). The molecule has 0 aromatic carbocycles. The average Bonchev–Trinajstić information content (AvgIpc) is 2.85. The molecule has 6 heteroatoms. The molecule has 0 amide bonds. The summed E-state index contributed by atoms with van der Waals surface area (Å²) in [6, 6.07) is 0. The monoisotopic (exact) mass is 253 g/mol. The van der Waals surface area contributed by atoms with Crippen molar-refractivity contribution in [2.24, 2.45) is 0 Å². The third kappa shape index (κ3) is 3.29. The zero-order valence-electron chi connectivity index (χ0n) is 10.6. The van der Waals surface area contributed by atoms with Crippen molar-refractivity contribution in [3.8, 4) is 0 Å². The Hall–Kier alpha value is -1.43. The summed E-state index contributed by atoms with van der Waals surface area (Å²) in [6.45, 7) is 5.37. The summed E-state index contributed by atoms with van der Waals surface area (Å²) in [6.07, 6.45) is 2.46. The summed E-state index contributed by atoms with van der Waals surface area (Å²) in [5.74, 6) is 0.674. The van der Waals surface area contributed by atoms with Crippen molar-refractivity contribution < 1.29 is 14.4 Å². The van der Waals surface area contributed by atoms with Crippen LogP contribution in [0.15, 0.2) is 4.52 Å². The van der Waals surface area contributed by atoms with Crippen LogP contribution in [0.5, 0.6) is 0 Å². The van der Waals surface area contributed by atoms with E-state index in [9.17, 15) is 4.79 Å². The van der Waals surface area contributed by atoms with Gasteiger partial charge < -0.3 is 14.5 Å². The van der Waals surface area contributed by atoms with Crippen LogP contribution in [0, 0.1) is 0 Å². The number of hydrogen-bond acceptors (Lipinski definition) is 5. The molecular formula is C12H19N3O3. The number of aliphatic carboxylic acids is 1. The van der Waals surface area contributed by atoms with Crippen LogP contribution in [-0.4, -0.2) is 45.8 Å².